The van der Waals surface area contributed by atoms with Gasteiger partial charge < -0.3 is 20.6 Å². The molecule has 0 unspecified atom stereocenters. The molecular weight excluding hydrogens is 306 g/mol. The van der Waals surface area contributed by atoms with E-state index in [-0.39, 0.29) is 24.0 Å². The second kappa shape index (κ2) is 7.36. The molecule has 0 bridgehead atoms. The van der Waals surface area contributed by atoms with Crippen LogP contribution in [0.1, 0.15) is 41.8 Å². The van der Waals surface area contributed by atoms with E-state index in [9.17, 15) is 20.1 Å². The molecule has 0 spiro atoms. The lowest BCUT2D eigenvalue weighted by molar-refractivity contribution is 0.0714. The molecule has 128 valence electrons. The molecule has 1 amide bonds. The van der Waals surface area contributed by atoms with Gasteiger partial charge in [-0.3, -0.25) is 4.79 Å². The average molecular weight is 329 g/mol. The Balaban J connectivity index is 1.99. The van der Waals surface area contributed by atoms with Crippen molar-refractivity contribution in [1.82, 2.24) is 5.32 Å². The normalized spacial score (nSPS) is 11.3. The van der Waals surface area contributed by atoms with Crippen LogP contribution in [-0.4, -0.2) is 26.8 Å². The van der Waals surface area contributed by atoms with E-state index < -0.39 is 5.60 Å². The number of amides is 1. The predicted molar refractivity (Wildman–Crippen MR) is 92.0 cm³/mol. The van der Waals surface area contributed by atoms with Crippen molar-refractivity contribution in [2.24, 2.45) is 0 Å². The summed E-state index contributed by atoms with van der Waals surface area (Å²) in [5.41, 5.74) is 1.30. The summed E-state index contributed by atoms with van der Waals surface area (Å²) < 4.78 is 0. The maximum absolute atomic E-state index is 12.3. The molecule has 0 saturated heterocycles. The van der Waals surface area contributed by atoms with Crippen LogP contribution in [0.25, 0.3) is 0 Å². The fraction of sp³-hybridized carbons (Fsp3) is 0.316. The van der Waals surface area contributed by atoms with Crippen LogP contribution in [0, 0.1) is 0 Å². The van der Waals surface area contributed by atoms with E-state index in [2.05, 4.69) is 5.32 Å². The number of phenols is 2. The molecule has 0 saturated carbocycles. The van der Waals surface area contributed by atoms with Crippen molar-refractivity contribution in [3.63, 3.8) is 0 Å². The first-order valence-electron chi connectivity index (χ1n) is 7.85. The zero-order valence-corrected chi connectivity index (χ0v) is 13.9. The van der Waals surface area contributed by atoms with Crippen LogP contribution in [0.3, 0.4) is 0 Å². The van der Waals surface area contributed by atoms with Gasteiger partial charge in [-0.2, -0.15) is 0 Å². The summed E-state index contributed by atoms with van der Waals surface area (Å²) in [5, 5.41) is 31.5. The lowest BCUT2D eigenvalue weighted by Gasteiger charge is -2.16. The van der Waals surface area contributed by atoms with E-state index in [0.29, 0.717) is 24.0 Å². The second-order valence-electron chi connectivity index (χ2n) is 6.51. The Kier molecular flexibility index (Phi) is 5.46. The van der Waals surface area contributed by atoms with Gasteiger partial charge in [-0.15, -0.1) is 0 Å². The van der Waals surface area contributed by atoms with E-state index in [1.807, 2.05) is 12.1 Å². The SMILES string of the molecule is CC(C)(O)CCc1cccc(C(=O)NCc2ccc(O)cc2O)c1. The summed E-state index contributed by atoms with van der Waals surface area (Å²) in [6, 6.07) is 11.5. The van der Waals surface area contributed by atoms with Gasteiger partial charge in [0.15, 0.2) is 0 Å². The van der Waals surface area contributed by atoms with Gasteiger partial charge in [0.1, 0.15) is 11.5 Å². The third-order valence-corrected chi connectivity index (χ3v) is 3.72. The van der Waals surface area contributed by atoms with Gasteiger partial charge in [0, 0.05) is 23.7 Å². The fourth-order valence-corrected chi connectivity index (χ4v) is 2.30. The van der Waals surface area contributed by atoms with Crippen LogP contribution in [0.15, 0.2) is 42.5 Å². The van der Waals surface area contributed by atoms with Crippen molar-refractivity contribution in [3.05, 3.63) is 59.2 Å². The van der Waals surface area contributed by atoms with E-state index in [0.717, 1.165) is 5.56 Å². The predicted octanol–water partition coefficient (Wildman–Crippen LogP) is 2.73. The van der Waals surface area contributed by atoms with Gasteiger partial charge in [0.2, 0.25) is 0 Å². The Morgan fingerprint density at radius 1 is 1.12 bits per heavy atom. The molecule has 0 aliphatic rings. The lowest BCUT2D eigenvalue weighted by atomic mass is 9.98. The third kappa shape index (κ3) is 5.28. The van der Waals surface area contributed by atoms with Crippen LogP contribution in [0.2, 0.25) is 0 Å². The Morgan fingerprint density at radius 2 is 1.88 bits per heavy atom. The van der Waals surface area contributed by atoms with Crippen LogP contribution in [0.5, 0.6) is 11.5 Å². The van der Waals surface area contributed by atoms with Gasteiger partial charge in [0.05, 0.1) is 5.60 Å². The van der Waals surface area contributed by atoms with Crippen LogP contribution in [-0.2, 0) is 13.0 Å². The minimum absolute atomic E-state index is 0.0258. The van der Waals surface area contributed by atoms with E-state index in [4.69, 9.17) is 0 Å². The smallest absolute Gasteiger partial charge is 0.251 e. The van der Waals surface area contributed by atoms with Gasteiger partial charge >= 0.3 is 0 Å². The molecule has 2 aromatic carbocycles. The largest absolute Gasteiger partial charge is 0.508 e. The minimum atomic E-state index is -0.741. The van der Waals surface area contributed by atoms with Crippen molar-refractivity contribution in [2.45, 2.75) is 38.8 Å². The van der Waals surface area contributed by atoms with Crippen LogP contribution < -0.4 is 5.32 Å². The highest BCUT2D eigenvalue weighted by atomic mass is 16.3. The Hall–Kier alpha value is -2.53. The lowest BCUT2D eigenvalue weighted by Crippen LogP contribution is -2.23. The number of nitrogens with one attached hydrogen (secondary N) is 1. The fourth-order valence-electron chi connectivity index (χ4n) is 2.30. The van der Waals surface area contributed by atoms with Crippen LogP contribution in [0.4, 0.5) is 0 Å². The summed E-state index contributed by atoms with van der Waals surface area (Å²) in [6.45, 7) is 3.68. The van der Waals surface area contributed by atoms with Crippen molar-refractivity contribution in [2.75, 3.05) is 0 Å². The Morgan fingerprint density at radius 3 is 2.54 bits per heavy atom. The molecule has 0 atom stereocenters. The van der Waals surface area contributed by atoms with Gasteiger partial charge in [0.25, 0.3) is 5.91 Å². The van der Waals surface area contributed by atoms with Crippen molar-refractivity contribution >= 4 is 5.91 Å². The number of aliphatic hydroxyl groups is 1. The van der Waals surface area contributed by atoms with Gasteiger partial charge in [-0.1, -0.05) is 12.1 Å². The molecule has 5 heteroatoms. The molecule has 0 aliphatic heterocycles. The highest BCUT2D eigenvalue weighted by molar-refractivity contribution is 5.94. The first-order valence-corrected chi connectivity index (χ1v) is 7.85. The minimum Gasteiger partial charge on any atom is -0.508 e. The summed E-state index contributed by atoms with van der Waals surface area (Å²) >= 11 is 0. The van der Waals surface area contributed by atoms with Crippen LogP contribution >= 0.6 is 0 Å². The van der Waals surface area contributed by atoms with Gasteiger partial charge in [-0.25, -0.2) is 0 Å². The molecule has 0 heterocycles. The average Bonchev–Trinajstić information content (AvgIpc) is 2.51. The monoisotopic (exact) mass is 329 g/mol. The van der Waals surface area contributed by atoms with E-state index in [1.54, 1.807) is 32.0 Å². The van der Waals surface area contributed by atoms with Crippen molar-refractivity contribution < 1.29 is 20.1 Å². The number of phenolic OH excluding ortho intramolecular Hbond substituents is 2. The number of aromatic hydroxyl groups is 2. The third-order valence-electron chi connectivity index (χ3n) is 3.72. The molecule has 5 nitrogen and oxygen atoms in total. The number of hydrogen-bond acceptors (Lipinski definition) is 4. The molecule has 0 aromatic heterocycles. The molecule has 24 heavy (non-hydrogen) atoms. The van der Waals surface area contributed by atoms with E-state index in [1.165, 1.54) is 12.1 Å². The summed E-state index contributed by atoms with van der Waals surface area (Å²) in [7, 11) is 0. The topological polar surface area (TPSA) is 89.8 Å². The molecular formula is C19H23NO4. The van der Waals surface area contributed by atoms with Gasteiger partial charge in [-0.05, 0) is 56.5 Å². The highest BCUT2D eigenvalue weighted by Gasteiger charge is 2.13. The van der Waals surface area contributed by atoms with Crippen molar-refractivity contribution in [1.29, 1.82) is 0 Å². The number of carbonyl (C=O) groups is 1. The second-order valence-corrected chi connectivity index (χ2v) is 6.51. The van der Waals surface area contributed by atoms with E-state index >= 15 is 0 Å². The molecule has 2 aromatic rings. The Bertz CT molecular complexity index is 720. The molecule has 4 N–H and O–H groups in total. The molecule has 0 radical (unpaired) electrons. The number of carbonyl (C=O) groups excluding carboxylic acids is 1. The number of aryl methyl sites for hydroxylation is 1. The zero-order valence-electron chi connectivity index (χ0n) is 13.9. The first-order chi connectivity index (χ1) is 11.2. The summed E-state index contributed by atoms with van der Waals surface area (Å²) in [4.78, 5) is 12.3. The van der Waals surface area contributed by atoms with Crippen molar-refractivity contribution in [3.8, 4) is 11.5 Å². The quantitative estimate of drug-likeness (QED) is 0.656. The maximum atomic E-state index is 12.3. The summed E-state index contributed by atoms with van der Waals surface area (Å²) in [5.74, 6) is -0.330. The highest BCUT2D eigenvalue weighted by Crippen LogP contribution is 2.22. The molecule has 0 fully saturated rings. The first kappa shape index (κ1) is 17.8. The zero-order chi connectivity index (χ0) is 17.7. The molecule has 0 aliphatic carbocycles. The number of benzene rings is 2. The standard InChI is InChI=1S/C19H23NO4/c1-19(2,24)9-8-13-4-3-5-14(10-13)18(23)20-12-15-6-7-16(21)11-17(15)22/h3-7,10-11,21-22,24H,8-9,12H2,1-2H3,(H,20,23). The Labute approximate surface area is 141 Å². The molecule has 2 rings (SSSR count). The maximum Gasteiger partial charge on any atom is 0.251 e. The summed E-state index contributed by atoms with van der Waals surface area (Å²) in [6.07, 6.45) is 1.29. The number of hydrogen-bond donors (Lipinski definition) is 4. The number of rotatable bonds is 6.